The van der Waals surface area contributed by atoms with Crippen LogP contribution in [0.2, 0.25) is 0 Å². The molecule has 19 heteroatoms. The number of phosphoric ester groups is 2. The summed E-state index contributed by atoms with van der Waals surface area (Å²) in [5.41, 5.74) is 1.90. The van der Waals surface area contributed by atoms with E-state index in [1.807, 2.05) is 0 Å². The van der Waals surface area contributed by atoms with Crippen molar-refractivity contribution < 1.29 is 59.9 Å². The number of phosphoric acid groups is 3. The SMILES string of the molecule is B=C1CC(OC(=O)NN)[C@@H](COP(=O)(O)OP(=O)(O)OP(=O)(OC)OC)O1. The van der Waals surface area contributed by atoms with Crippen LogP contribution in [-0.2, 0) is 45.4 Å². The average molecular weight is 454 g/mol. The van der Waals surface area contributed by atoms with Gasteiger partial charge in [0.2, 0.25) is 0 Å². The molecule has 1 heterocycles. The van der Waals surface area contributed by atoms with E-state index in [4.69, 9.17) is 15.3 Å². The number of nitrogens with two attached hydrogens (primary N) is 1. The fourth-order valence-corrected chi connectivity index (χ4v) is 5.38. The molecule has 1 amide bonds. The van der Waals surface area contributed by atoms with Crippen LogP contribution in [0, 0.1) is 0 Å². The molecule has 5 N–H and O–H groups in total. The average Bonchev–Trinajstić information content (AvgIpc) is 2.90. The first-order valence-electron chi connectivity index (χ1n) is 6.81. The van der Waals surface area contributed by atoms with E-state index >= 15 is 0 Å². The molecule has 0 aromatic rings. The van der Waals surface area contributed by atoms with Crippen molar-refractivity contribution in [1.82, 2.24) is 5.43 Å². The van der Waals surface area contributed by atoms with E-state index in [-0.39, 0.29) is 12.1 Å². The summed E-state index contributed by atoms with van der Waals surface area (Å²) in [5.74, 6) is 4.88. The number of hydrogen-bond donors (Lipinski definition) is 4. The van der Waals surface area contributed by atoms with Gasteiger partial charge >= 0.3 is 153 Å². The van der Waals surface area contributed by atoms with Crippen molar-refractivity contribution in [2.45, 2.75) is 18.6 Å². The fraction of sp³-hybridized carbons (Fsp3) is 0.750. The molecule has 3 unspecified atom stereocenters. The predicted molar refractivity (Wildman–Crippen MR) is 88.6 cm³/mol. The quantitative estimate of drug-likeness (QED) is 0.107. The zero-order chi connectivity index (χ0) is 20.9. The van der Waals surface area contributed by atoms with Crippen molar-refractivity contribution in [3.05, 3.63) is 0 Å². The maximum absolute atomic E-state index is 11.8. The first kappa shape index (κ1) is 24.4. The zero-order valence-electron chi connectivity index (χ0n) is 14.1. The van der Waals surface area contributed by atoms with Gasteiger partial charge in [-0.2, -0.15) is 0 Å². The van der Waals surface area contributed by atoms with Crippen LogP contribution in [0.4, 0.5) is 4.79 Å². The molecule has 0 aromatic heterocycles. The molecule has 0 spiro atoms. The third-order valence-corrected chi connectivity index (χ3v) is 7.44. The Morgan fingerprint density at radius 3 is 2.37 bits per heavy atom. The maximum atomic E-state index is 11.8. The van der Waals surface area contributed by atoms with E-state index in [9.17, 15) is 28.3 Å². The van der Waals surface area contributed by atoms with Crippen molar-refractivity contribution in [2.75, 3.05) is 20.8 Å². The Hall–Kier alpha value is -0.625. The topological polar surface area (TPSA) is 211 Å². The van der Waals surface area contributed by atoms with Crippen LogP contribution < -0.4 is 11.3 Å². The van der Waals surface area contributed by atoms with Crippen LogP contribution in [0.3, 0.4) is 0 Å². The summed E-state index contributed by atoms with van der Waals surface area (Å²) >= 11 is 0. The minimum atomic E-state index is -5.41. The van der Waals surface area contributed by atoms with E-state index in [1.54, 1.807) is 5.43 Å². The van der Waals surface area contributed by atoms with Gasteiger partial charge in [0.25, 0.3) is 0 Å². The minimum absolute atomic E-state index is 0.0461. The van der Waals surface area contributed by atoms with Gasteiger partial charge in [0.05, 0.1) is 0 Å². The molecule has 1 fully saturated rings. The van der Waals surface area contributed by atoms with E-state index in [2.05, 4.69) is 29.7 Å². The molecular weight excluding hydrogens is 436 g/mol. The Bertz CT molecular complexity index is 695. The van der Waals surface area contributed by atoms with Crippen LogP contribution in [0.5, 0.6) is 0 Å². The van der Waals surface area contributed by atoms with E-state index in [0.29, 0.717) is 0 Å². The van der Waals surface area contributed by atoms with Crippen molar-refractivity contribution >= 4 is 42.7 Å². The number of hydrazine groups is 1. The van der Waals surface area contributed by atoms with Gasteiger partial charge in [0, 0.05) is 0 Å². The van der Waals surface area contributed by atoms with Gasteiger partial charge < -0.3 is 0 Å². The number of rotatable bonds is 10. The Labute approximate surface area is 154 Å². The van der Waals surface area contributed by atoms with Crippen molar-refractivity contribution in [1.29, 1.82) is 0 Å². The van der Waals surface area contributed by atoms with Gasteiger partial charge in [-0.25, -0.2) is 0 Å². The van der Waals surface area contributed by atoms with Crippen LogP contribution in [0.1, 0.15) is 6.42 Å². The normalized spacial score (nSPS) is 24.5. The molecule has 156 valence electrons. The number of nitrogens with one attached hydrogen (secondary N) is 1. The van der Waals surface area contributed by atoms with Crippen molar-refractivity contribution in [3.63, 3.8) is 0 Å². The molecule has 15 nitrogen and oxygen atoms in total. The first-order valence-corrected chi connectivity index (χ1v) is 11.3. The standard InChI is InChI=1S/C8H18BN2O13P3/c1-18-27(17,19-2)24-26(15,16)23-25(13,14)20-4-6-5(3-7(9)21-6)22-8(12)11-10/h5-6,9H,3-4,10H2,1-2H3,(H,11,12)(H,13,14)(H,15,16)/t5?,6-/m1/s1. The molecule has 1 aliphatic rings. The van der Waals surface area contributed by atoms with Crippen LogP contribution >= 0.6 is 23.5 Å². The molecule has 0 bridgehead atoms. The summed E-state index contributed by atoms with van der Waals surface area (Å²) in [6, 6.07) is 0. The number of carbonyl (C=O) groups excluding carboxylic acids is 1. The van der Waals surface area contributed by atoms with Crippen molar-refractivity contribution in [2.24, 2.45) is 5.84 Å². The first-order chi connectivity index (χ1) is 12.4. The van der Waals surface area contributed by atoms with Gasteiger partial charge in [-0.1, -0.05) is 0 Å². The van der Waals surface area contributed by atoms with E-state index in [1.165, 1.54) is 0 Å². The Morgan fingerprint density at radius 1 is 1.26 bits per heavy atom. The molecule has 0 radical (unpaired) electrons. The van der Waals surface area contributed by atoms with Crippen molar-refractivity contribution in [3.8, 4) is 0 Å². The molecule has 0 aromatic carbocycles. The molecule has 27 heavy (non-hydrogen) atoms. The molecule has 1 rings (SSSR count). The monoisotopic (exact) mass is 454 g/mol. The van der Waals surface area contributed by atoms with Crippen LogP contribution in [-0.4, -0.2) is 62.1 Å². The molecule has 1 saturated heterocycles. The Balaban J connectivity index is 2.70. The summed E-state index contributed by atoms with van der Waals surface area (Å²) in [7, 11) is -9.96. The predicted octanol–water partition coefficient (Wildman–Crippen LogP) is -0.574. The summed E-state index contributed by atoms with van der Waals surface area (Å²) in [5, 5.41) is 0. The zero-order valence-corrected chi connectivity index (χ0v) is 16.8. The molecular formula is C8H18BN2O13P3. The second-order valence-electron chi connectivity index (χ2n) is 4.70. The second-order valence-corrected chi connectivity index (χ2v) is 9.76. The van der Waals surface area contributed by atoms with Gasteiger partial charge in [0.1, 0.15) is 0 Å². The Kier molecular flexibility index (Phi) is 8.79. The summed E-state index contributed by atoms with van der Waals surface area (Å²) < 4.78 is 66.2. The van der Waals surface area contributed by atoms with Crippen LogP contribution in [0.25, 0.3) is 0 Å². The van der Waals surface area contributed by atoms with Gasteiger partial charge in [-0.05, 0) is 0 Å². The van der Waals surface area contributed by atoms with Gasteiger partial charge in [-0.15, -0.1) is 0 Å². The number of amides is 1. The number of ether oxygens (including phenoxy) is 2. The number of hydrogen-bond acceptors (Lipinski definition) is 12. The molecule has 4 atom stereocenters. The molecule has 0 saturated carbocycles. The summed E-state index contributed by atoms with van der Waals surface area (Å²) in [6.07, 6.45) is -3.03. The summed E-state index contributed by atoms with van der Waals surface area (Å²) in [4.78, 5) is 30.1. The van der Waals surface area contributed by atoms with Crippen LogP contribution in [0.15, 0.2) is 0 Å². The second kappa shape index (κ2) is 9.72. The third-order valence-electron chi connectivity index (χ3n) is 2.80. The molecule has 0 aliphatic carbocycles. The third kappa shape index (κ3) is 8.10. The van der Waals surface area contributed by atoms with Gasteiger partial charge in [0.15, 0.2) is 0 Å². The number of carbonyl (C=O) groups is 1. The Morgan fingerprint density at radius 2 is 1.85 bits per heavy atom. The van der Waals surface area contributed by atoms with Gasteiger partial charge in [-0.3, -0.25) is 0 Å². The van der Waals surface area contributed by atoms with E-state index < -0.39 is 48.4 Å². The van der Waals surface area contributed by atoms with E-state index in [0.717, 1.165) is 14.2 Å². The fourth-order valence-electron chi connectivity index (χ4n) is 1.73. The molecule has 1 aliphatic heterocycles. The summed E-state index contributed by atoms with van der Waals surface area (Å²) in [6.45, 7) is -0.721.